The molecule has 0 amide bonds. The van der Waals surface area contributed by atoms with Crippen LogP contribution in [0.4, 0.5) is 13.2 Å². The summed E-state index contributed by atoms with van der Waals surface area (Å²) in [7, 11) is 1.33. The fourth-order valence-corrected chi connectivity index (χ4v) is 2.42. The number of ether oxygens (including phenoxy) is 1. The Labute approximate surface area is 132 Å². The van der Waals surface area contributed by atoms with Gasteiger partial charge in [-0.2, -0.15) is 0 Å². The van der Waals surface area contributed by atoms with Gasteiger partial charge in [0.05, 0.1) is 22.6 Å². The molecule has 0 saturated heterocycles. The first-order chi connectivity index (χ1) is 9.85. The van der Waals surface area contributed by atoms with Gasteiger partial charge >= 0.3 is 0 Å². The minimum absolute atomic E-state index is 0.103. The van der Waals surface area contributed by atoms with Crippen LogP contribution in [-0.4, -0.2) is 7.11 Å². The van der Waals surface area contributed by atoms with Crippen molar-refractivity contribution < 1.29 is 17.9 Å². The molecule has 2 rings (SSSR count). The van der Waals surface area contributed by atoms with Crippen molar-refractivity contribution in [2.45, 2.75) is 6.04 Å². The molecule has 1 atom stereocenters. The highest BCUT2D eigenvalue weighted by Crippen LogP contribution is 2.34. The second-order valence-electron chi connectivity index (χ2n) is 4.27. The molecule has 7 heteroatoms. The van der Waals surface area contributed by atoms with Crippen LogP contribution in [-0.2, 0) is 0 Å². The highest BCUT2D eigenvalue weighted by Gasteiger charge is 2.21. The van der Waals surface area contributed by atoms with Crippen LogP contribution in [0.15, 0.2) is 28.7 Å². The largest absolute Gasteiger partial charge is 0.496 e. The SMILES string of the molecule is COc1cc(F)c(Br)cc1C(N)c1cc(F)c(Cl)cc1F. The lowest BCUT2D eigenvalue weighted by Gasteiger charge is -2.18. The molecule has 2 aromatic rings. The van der Waals surface area contributed by atoms with Gasteiger partial charge < -0.3 is 10.5 Å². The van der Waals surface area contributed by atoms with Crippen LogP contribution in [0, 0.1) is 17.5 Å². The Morgan fingerprint density at radius 3 is 2.33 bits per heavy atom. The second-order valence-corrected chi connectivity index (χ2v) is 5.54. The van der Waals surface area contributed by atoms with Crippen LogP contribution in [0.5, 0.6) is 5.75 Å². The molecule has 0 radical (unpaired) electrons. The van der Waals surface area contributed by atoms with E-state index < -0.39 is 23.5 Å². The first kappa shape index (κ1) is 16.1. The second kappa shape index (κ2) is 6.25. The van der Waals surface area contributed by atoms with Crippen molar-refractivity contribution in [3.63, 3.8) is 0 Å². The Bertz CT molecular complexity index is 696. The molecule has 0 spiro atoms. The van der Waals surface area contributed by atoms with E-state index in [1.54, 1.807) is 0 Å². The molecule has 1 unspecified atom stereocenters. The summed E-state index contributed by atoms with van der Waals surface area (Å²) in [6.07, 6.45) is 0. The Kier molecular flexibility index (Phi) is 4.81. The Morgan fingerprint density at radius 2 is 1.71 bits per heavy atom. The molecule has 2 N–H and O–H groups in total. The van der Waals surface area contributed by atoms with Crippen LogP contribution in [0.25, 0.3) is 0 Å². The van der Waals surface area contributed by atoms with Crippen LogP contribution >= 0.6 is 27.5 Å². The summed E-state index contributed by atoms with van der Waals surface area (Å²) in [5.41, 5.74) is 6.17. The van der Waals surface area contributed by atoms with E-state index in [0.717, 1.165) is 18.2 Å². The standard InChI is InChI=1S/C14H10BrClF3NO/c1-21-13-5-11(18)8(15)2-7(13)14(20)6-3-12(19)9(16)4-10(6)17/h2-5,14H,20H2,1H3. The van der Waals surface area contributed by atoms with Crippen molar-refractivity contribution in [3.8, 4) is 5.75 Å². The number of nitrogens with two attached hydrogens (primary N) is 1. The first-order valence-electron chi connectivity index (χ1n) is 5.78. The van der Waals surface area contributed by atoms with E-state index in [2.05, 4.69) is 15.9 Å². The maximum absolute atomic E-state index is 13.9. The summed E-state index contributed by atoms with van der Waals surface area (Å²) >= 11 is 8.52. The van der Waals surface area contributed by atoms with E-state index in [-0.39, 0.29) is 20.8 Å². The van der Waals surface area contributed by atoms with Gasteiger partial charge in [-0.25, -0.2) is 13.2 Å². The van der Waals surface area contributed by atoms with Gasteiger partial charge in [0.2, 0.25) is 0 Å². The molecule has 0 bridgehead atoms. The fraction of sp³-hybridized carbons (Fsp3) is 0.143. The van der Waals surface area contributed by atoms with Crippen LogP contribution in [0.2, 0.25) is 5.02 Å². The molecule has 2 aromatic carbocycles. The molecule has 0 saturated carbocycles. The average molecular weight is 381 g/mol. The number of rotatable bonds is 3. The summed E-state index contributed by atoms with van der Waals surface area (Å²) in [5, 5.41) is -0.337. The van der Waals surface area contributed by atoms with Gasteiger partial charge in [-0.1, -0.05) is 11.6 Å². The van der Waals surface area contributed by atoms with Crippen molar-refractivity contribution in [2.24, 2.45) is 5.73 Å². The maximum atomic E-state index is 13.9. The fourth-order valence-electron chi connectivity index (χ4n) is 1.91. The van der Waals surface area contributed by atoms with Gasteiger partial charge in [0.1, 0.15) is 23.2 Å². The Balaban J connectivity index is 2.57. The minimum Gasteiger partial charge on any atom is -0.496 e. The van der Waals surface area contributed by atoms with E-state index in [1.165, 1.54) is 13.2 Å². The zero-order valence-corrected chi connectivity index (χ0v) is 13.1. The molecule has 0 aromatic heterocycles. The molecule has 112 valence electrons. The third-order valence-electron chi connectivity index (χ3n) is 2.98. The Morgan fingerprint density at radius 1 is 1.05 bits per heavy atom. The average Bonchev–Trinajstić information content (AvgIpc) is 2.44. The van der Waals surface area contributed by atoms with Crippen molar-refractivity contribution >= 4 is 27.5 Å². The highest BCUT2D eigenvalue weighted by molar-refractivity contribution is 9.10. The lowest BCUT2D eigenvalue weighted by molar-refractivity contribution is 0.403. The predicted octanol–water partition coefficient (Wildman–Crippen LogP) is 4.58. The monoisotopic (exact) mass is 379 g/mol. The highest BCUT2D eigenvalue weighted by atomic mass is 79.9. The summed E-state index contributed by atoms with van der Waals surface area (Å²) in [5.74, 6) is -1.96. The molecule has 21 heavy (non-hydrogen) atoms. The number of benzene rings is 2. The third kappa shape index (κ3) is 3.17. The van der Waals surface area contributed by atoms with Crippen LogP contribution in [0.3, 0.4) is 0 Å². The van der Waals surface area contributed by atoms with E-state index in [4.69, 9.17) is 22.1 Å². The van der Waals surface area contributed by atoms with Crippen LogP contribution < -0.4 is 10.5 Å². The molecule has 0 aliphatic rings. The smallest absolute Gasteiger partial charge is 0.142 e. The van der Waals surface area contributed by atoms with Gasteiger partial charge in [-0.3, -0.25) is 0 Å². The molecule has 0 heterocycles. The van der Waals surface area contributed by atoms with Crippen molar-refractivity contribution in [3.05, 3.63) is 62.3 Å². The van der Waals surface area contributed by atoms with Gasteiger partial charge in [0.25, 0.3) is 0 Å². The lowest BCUT2D eigenvalue weighted by Crippen LogP contribution is -2.15. The molecule has 2 nitrogen and oxygen atoms in total. The number of methoxy groups -OCH3 is 1. The summed E-state index contributed by atoms with van der Waals surface area (Å²) in [4.78, 5) is 0. The van der Waals surface area contributed by atoms with Gasteiger partial charge in [-0.05, 0) is 34.1 Å². The van der Waals surface area contributed by atoms with E-state index in [0.29, 0.717) is 5.56 Å². The van der Waals surface area contributed by atoms with E-state index in [1.807, 2.05) is 0 Å². The molecule has 0 aliphatic heterocycles. The van der Waals surface area contributed by atoms with Gasteiger partial charge in [0.15, 0.2) is 0 Å². The summed E-state index contributed by atoms with van der Waals surface area (Å²) in [6, 6.07) is 3.20. The summed E-state index contributed by atoms with van der Waals surface area (Å²) < 4.78 is 46.1. The molecule has 0 fully saturated rings. The zero-order valence-electron chi connectivity index (χ0n) is 10.8. The van der Waals surface area contributed by atoms with Crippen LogP contribution in [0.1, 0.15) is 17.2 Å². The first-order valence-corrected chi connectivity index (χ1v) is 6.95. The lowest BCUT2D eigenvalue weighted by atomic mass is 9.98. The van der Waals surface area contributed by atoms with Crippen molar-refractivity contribution in [2.75, 3.05) is 7.11 Å². The number of hydrogen-bond acceptors (Lipinski definition) is 2. The van der Waals surface area contributed by atoms with Crippen molar-refractivity contribution in [1.82, 2.24) is 0 Å². The normalized spacial score (nSPS) is 12.3. The summed E-state index contributed by atoms with van der Waals surface area (Å²) in [6.45, 7) is 0. The third-order valence-corrected chi connectivity index (χ3v) is 3.88. The molecular weight excluding hydrogens is 371 g/mol. The predicted molar refractivity (Wildman–Crippen MR) is 78.1 cm³/mol. The van der Waals surface area contributed by atoms with Crippen molar-refractivity contribution in [1.29, 1.82) is 0 Å². The quantitative estimate of drug-likeness (QED) is 0.791. The minimum atomic E-state index is -1.04. The van der Waals surface area contributed by atoms with Gasteiger partial charge in [0, 0.05) is 17.2 Å². The number of halogens is 5. The van der Waals surface area contributed by atoms with E-state index in [9.17, 15) is 13.2 Å². The van der Waals surface area contributed by atoms with Gasteiger partial charge in [-0.15, -0.1) is 0 Å². The maximum Gasteiger partial charge on any atom is 0.142 e. The van der Waals surface area contributed by atoms with E-state index >= 15 is 0 Å². The molecular formula is C14H10BrClF3NO. The molecule has 0 aliphatic carbocycles. The number of hydrogen-bond donors (Lipinski definition) is 1. The Hall–Kier alpha value is -1.24. The zero-order chi connectivity index (χ0) is 15.7. The topological polar surface area (TPSA) is 35.2 Å².